The highest BCUT2D eigenvalue weighted by molar-refractivity contribution is 5.69. The Morgan fingerprint density at radius 1 is 1.00 bits per heavy atom. The van der Waals surface area contributed by atoms with E-state index in [9.17, 15) is 9.90 Å². The number of ether oxygens (including phenoxy) is 7. The molecule has 10 heteroatoms. The molecular formula is C39H61NO9. The van der Waals surface area contributed by atoms with Gasteiger partial charge in [0.05, 0.1) is 38.6 Å². The van der Waals surface area contributed by atoms with Gasteiger partial charge in [-0.3, -0.25) is 4.90 Å². The number of rotatable bonds is 15. The number of benzene rings is 1. The van der Waals surface area contributed by atoms with Gasteiger partial charge in [0.1, 0.15) is 18.3 Å². The summed E-state index contributed by atoms with van der Waals surface area (Å²) in [6, 6.07) is 4.16. The molecule has 1 N–H and O–H groups in total. The van der Waals surface area contributed by atoms with Gasteiger partial charge in [-0.25, -0.2) is 4.79 Å². The lowest BCUT2D eigenvalue weighted by Gasteiger charge is -2.74. The van der Waals surface area contributed by atoms with Gasteiger partial charge in [-0.2, -0.15) is 0 Å². The van der Waals surface area contributed by atoms with Crippen LogP contribution in [0.1, 0.15) is 91.2 Å². The van der Waals surface area contributed by atoms with Crippen LogP contribution in [0.4, 0.5) is 4.79 Å². The van der Waals surface area contributed by atoms with E-state index in [0.717, 1.165) is 55.8 Å². The monoisotopic (exact) mass is 687 g/mol. The fourth-order valence-corrected chi connectivity index (χ4v) is 10.2. The lowest BCUT2D eigenvalue weighted by Crippen LogP contribution is -2.81. The van der Waals surface area contributed by atoms with E-state index in [-0.39, 0.29) is 47.5 Å². The van der Waals surface area contributed by atoms with Crippen LogP contribution in [0.15, 0.2) is 12.1 Å². The van der Waals surface area contributed by atoms with E-state index in [0.29, 0.717) is 44.5 Å². The van der Waals surface area contributed by atoms with Crippen molar-refractivity contribution in [1.82, 2.24) is 4.90 Å². The minimum absolute atomic E-state index is 0.0626. The molecule has 4 aliphatic carbocycles. The first kappa shape index (κ1) is 36.8. The molecule has 2 heterocycles. The Balaban J connectivity index is 1.27. The number of likely N-dealkylation sites (tertiary alicyclic amines) is 1. The molecule has 0 aromatic heterocycles. The molecule has 2 spiro atoms. The lowest BCUT2D eigenvalue weighted by atomic mass is 9.35. The van der Waals surface area contributed by atoms with Crippen LogP contribution < -0.4 is 9.47 Å². The first-order valence-electron chi connectivity index (χ1n) is 18.7. The number of fused-ring (bicyclic) bond motifs is 3. The van der Waals surface area contributed by atoms with E-state index in [4.69, 9.17) is 33.2 Å². The highest BCUT2D eigenvalue weighted by atomic mass is 16.7. The van der Waals surface area contributed by atoms with E-state index in [1.807, 2.05) is 19.9 Å². The molecule has 2 bridgehead atoms. The third-order valence-electron chi connectivity index (χ3n) is 13.4. The Labute approximate surface area is 293 Å². The van der Waals surface area contributed by atoms with Crippen LogP contribution in [0.3, 0.4) is 0 Å². The van der Waals surface area contributed by atoms with Crippen molar-refractivity contribution in [1.29, 1.82) is 0 Å². The Bertz CT molecular complexity index is 1340. The van der Waals surface area contributed by atoms with Crippen LogP contribution in [0.25, 0.3) is 0 Å². The summed E-state index contributed by atoms with van der Waals surface area (Å²) in [5.41, 5.74) is -0.361. The van der Waals surface area contributed by atoms with Crippen LogP contribution in [-0.2, 0) is 29.1 Å². The average molecular weight is 688 g/mol. The van der Waals surface area contributed by atoms with Gasteiger partial charge < -0.3 is 38.3 Å². The van der Waals surface area contributed by atoms with E-state index < -0.39 is 17.4 Å². The third-order valence-corrected chi connectivity index (χ3v) is 13.4. The Kier molecular flexibility index (Phi) is 10.4. The number of carbonyl (C=O) groups is 1. The predicted octanol–water partition coefficient (Wildman–Crippen LogP) is 6.07. The van der Waals surface area contributed by atoms with Crippen molar-refractivity contribution >= 4 is 6.16 Å². The summed E-state index contributed by atoms with van der Waals surface area (Å²) < 4.78 is 41.5. The fourth-order valence-electron chi connectivity index (χ4n) is 10.2. The van der Waals surface area contributed by atoms with Crippen molar-refractivity contribution in [3.8, 4) is 11.5 Å². The summed E-state index contributed by atoms with van der Waals surface area (Å²) in [4.78, 5) is 15.8. The molecule has 6 aliphatic rings. The molecule has 1 aromatic rings. The summed E-state index contributed by atoms with van der Waals surface area (Å²) in [6.07, 6.45) is 5.07. The van der Waals surface area contributed by atoms with Crippen LogP contribution in [-0.4, -0.2) is 106 Å². The second kappa shape index (κ2) is 13.9. The number of hydrogen-bond acceptors (Lipinski definition) is 10. The number of aliphatic hydroxyl groups is 1. The second-order valence-corrected chi connectivity index (χ2v) is 16.5. The Morgan fingerprint density at radius 2 is 1.67 bits per heavy atom. The standard InChI is InChI=1S/C39H61NO9/c1-9-44-18-19-45-20-21-46-22-23-47-34(41)48-29-13-10-26(2)31-32(29)49-33-38(31)16-17-40(25-28-11-12-28)27(3)37(38)14-15-39(33,43-8)30(24-37)36(7,42)35(4,5)6/h10,13,27-28,30,33,42H,9,11-12,14-25H2,1-8H3/t27?,30?,33-,36?,37-,38?,39-/m1/s1. The topological polar surface area (TPSA) is 105 Å². The molecule has 276 valence electrons. The Hall–Kier alpha value is -1.95. The van der Waals surface area contributed by atoms with Crippen LogP contribution in [0, 0.1) is 29.6 Å². The highest BCUT2D eigenvalue weighted by Gasteiger charge is 2.81. The lowest BCUT2D eigenvalue weighted by molar-refractivity contribution is -0.309. The van der Waals surface area contributed by atoms with Crippen LogP contribution in [0.2, 0.25) is 0 Å². The maximum atomic E-state index is 13.0. The summed E-state index contributed by atoms with van der Waals surface area (Å²) in [6.45, 7) is 19.9. The average Bonchev–Trinajstić information content (AvgIpc) is 3.81. The quantitative estimate of drug-likeness (QED) is 0.133. The van der Waals surface area contributed by atoms with E-state index >= 15 is 0 Å². The number of hydrogen-bond donors (Lipinski definition) is 1. The molecule has 2 aliphatic heterocycles. The van der Waals surface area contributed by atoms with Gasteiger partial charge in [-0.15, -0.1) is 0 Å². The van der Waals surface area contributed by atoms with Gasteiger partial charge in [0, 0.05) is 43.2 Å². The van der Waals surface area contributed by atoms with Crippen LogP contribution in [0.5, 0.6) is 11.5 Å². The zero-order valence-electron chi connectivity index (χ0n) is 31.2. The number of carbonyl (C=O) groups excluding carboxylic acids is 1. The van der Waals surface area contributed by atoms with Gasteiger partial charge in [0.15, 0.2) is 11.5 Å². The number of piperidine rings is 1. The number of methoxy groups -OCH3 is 1. The normalized spacial score (nSPS) is 33.3. The maximum Gasteiger partial charge on any atom is 0.514 e. The number of aryl methyl sites for hydroxylation is 1. The molecule has 4 saturated carbocycles. The van der Waals surface area contributed by atoms with Gasteiger partial charge in [0.25, 0.3) is 0 Å². The molecule has 0 radical (unpaired) electrons. The van der Waals surface area contributed by atoms with E-state index in [2.05, 4.69) is 45.6 Å². The second-order valence-electron chi connectivity index (χ2n) is 16.5. The van der Waals surface area contributed by atoms with E-state index in [1.54, 1.807) is 7.11 Å². The third kappa shape index (κ3) is 6.10. The molecule has 5 fully saturated rings. The minimum Gasteiger partial charge on any atom is -0.482 e. The van der Waals surface area contributed by atoms with Gasteiger partial charge >= 0.3 is 6.16 Å². The summed E-state index contributed by atoms with van der Waals surface area (Å²) >= 11 is 0. The first-order chi connectivity index (χ1) is 23.3. The first-order valence-corrected chi connectivity index (χ1v) is 18.7. The van der Waals surface area contributed by atoms with Crippen molar-refractivity contribution in [2.75, 3.05) is 66.4 Å². The molecule has 49 heavy (non-hydrogen) atoms. The van der Waals surface area contributed by atoms with E-state index in [1.165, 1.54) is 12.8 Å². The molecule has 7 rings (SSSR count). The zero-order valence-corrected chi connectivity index (χ0v) is 31.2. The largest absolute Gasteiger partial charge is 0.514 e. The molecule has 4 unspecified atom stereocenters. The van der Waals surface area contributed by atoms with Crippen molar-refractivity contribution < 1.29 is 43.1 Å². The Morgan fingerprint density at radius 3 is 2.31 bits per heavy atom. The van der Waals surface area contributed by atoms with Gasteiger partial charge in [-0.1, -0.05) is 26.8 Å². The molecule has 0 amide bonds. The summed E-state index contributed by atoms with van der Waals surface area (Å²) in [5, 5.41) is 12.5. The predicted molar refractivity (Wildman–Crippen MR) is 185 cm³/mol. The zero-order chi connectivity index (χ0) is 35.2. The van der Waals surface area contributed by atoms with Gasteiger partial charge in [0.2, 0.25) is 0 Å². The van der Waals surface area contributed by atoms with Crippen molar-refractivity contribution in [2.45, 2.75) is 116 Å². The fraction of sp³-hybridized carbons (Fsp3) is 0.821. The molecular weight excluding hydrogens is 626 g/mol. The van der Waals surface area contributed by atoms with Crippen molar-refractivity contribution in [3.05, 3.63) is 23.3 Å². The highest BCUT2D eigenvalue weighted by Crippen LogP contribution is 2.76. The minimum atomic E-state index is -1.02. The summed E-state index contributed by atoms with van der Waals surface area (Å²) in [5.74, 6) is 1.62. The number of nitrogens with zero attached hydrogens (tertiary/aromatic N) is 1. The SMILES string of the molecule is CCOCCOCCOCCOC(=O)Oc1ccc(C)c2c1O[C@@H]1C23CCN(CC2CC2)C(C)[C@]32CC[C@@]1(OC)C(C(C)(O)C(C)(C)C)C2. The maximum absolute atomic E-state index is 13.0. The molecule has 1 aromatic carbocycles. The van der Waals surface area contributed by atoms with Crippen LogP contribution >= 0.6 is 0 Å². The smallest absolute Gasteiger partial charge is 0.482 e. The summed E-state index contributed by atoms with van der Waals surface area (Å²) in [7, 11) is 1.80. The van der Waals surface area contributed by atoms with Gasteiger partial charge in [-0.05, 0) is 101 Å². The molecule has 1 saturated heterocycles. The van der Waals surface area contributed by atoms with Crippen molar-refractivity contribution in [3.63, 3.8) is 0 Å². The molecule has 10 nitrogen and oxygen atoms in total. The van der Waals surface area contributed by atoms with Crippen molar-refractivity contribution in [2.24, 2.45) is 22.7 Å². The molecule has 7 atom stereocenters.